The van der Waals surface area contributed by atoms with E-state index in [1.165, 1.54) is 11.3 Å². The van der Waals surface area contributed by atoms with Crippen LogP contribution >= 0.6 is 11.3 Å². The van der Waals surface area contributed by atoms with E-state index in [9.17, 15) is 4.79 Å². The van der Waals surface area contributed by atoms with Crippen molar-refractivity contribution in [3.05, 3.63) is 5.51 Å². The molecule has 1 aromatic heterocycles. The first kappa shape index (κ1) is 13.2. The zero-order valence-corrected chi connectivity index (χ0v) is 11.6. The second-order valence-electron chi connectivity index (χ2n) is 4.73. The summed E-state index contributed by atoms with van der Waals surface area (Å²) in [5, 5.41) is 12.1. The van der Waals surface area contributed by atoms with Gasteiger partial charge in [-0.15, -0.1) is 10.2 Å². The summed E-state index contributed by atoms with van der Waals surface area (Å²) in [5.41, 5.74) is 1.73. The number of hydrogen-bond donors (Lipinski definition) is 1. The molecule has 6 nitrogen and oxygen atoms in total. The first-order chi connectivity index (χ1) is 8.65. The molecule has 0 bridgehead atoms. The van der Waals surface area contributed by atoms with Crippen molar-refractivity contribution < 1.29 is 4.79 Å². The molecule has 1 N–H and O–H groups in total. The molecule has 0 unspecified atom stereocenters. The first-order valence-corrected chi connectivity index (χ1v) is 6.98. The monoisotopic (exact) mass is 269 g/mol. The molecule has 2 rings (SSSR count). The average molecular weight is 269 g/mol. The number of hydrogen-bond acceptors (Lipinski definition) is 6. The number of anilines is 1. The van der Waals surface area contributed by atoms with E-state index in [1.807, 2.05) is 0 Å². The van der Waals surface area contributed by atoms with Crippen LogP contribution in [-0.4, -0.2) is 65.7 Å². The lowest BCUT2D eigenvalue weighted by molar-refractivity contribution is -0.130. The topological polar surface area (TPSA) is 61.4 Å². The molecule has 7 heteroatoms. The van der Waals surface area contributed by atoms with Gasteiger partial charge in [-0.25, -0.2) is 0 Å². The molecular weight excluding hydrogens is 250 g/mol. The van der Waals surface area contributed by atoms with E-state index in [2.05, 4.69) is 20.4 Å². The number of amides is 1. The van der Waals surface area contributed by atoms with E-state index in [1.54, 1.807) is 24.5 Å². The average Bonchev–Trinajstić information content (AvgIpc) is 2.84. The Morgan fingerprint density at radius 2 is 2.28 bits per heavy atom. The molecule has 1 aromatic rings. The quantitative estimate of drug-likeness (QED) is 0.862. The van der Waals surface area contributed by atoms with Crippen molar-refractivity contribution in [1.82, 2.24) is 20.0 Å². The molecule has 100 valence electrons. The van der Waals surface area contributed by atoms with E-state index >= 15 is 0 Å². The Morgan fingerprint density at radius 3 is 2.83 bits per heavy atom. The normalized spacial score (nSPS) is 17.7. The number of aromatic nitrogens is 2. The highest BCUT2D eigenvalue weighted by Crippen LogP contribution is 2.17. The molecule has 0 atom stereocenters. The van der Waals surface area contributed by atoms with Gasteiger partial charge in [0, 0.05) is 33.2 Å². The number of carbonyl (C=O) groups is 1. The third kappa shape index (κ3) is 3.64. The standard InChI is InChI=1S/C11H19N5OS/c1-15(2)10(17)7-16-5-3-9(4-6-16)13-11-14-12-8-18-11/h8-9H,3-7H2,1-2H3,(H,13,14). The molecule has 0 spiro atoms. The smallest absolute Gasteiger partial charge is 0.236 e. The maximum atomic E-state index is 11.6. The molecule has 0 aromatic carbocycles. The maximum absolute atomic E-state index is 11.6. The van der Waals surface area contributed by atoms with E-state index in [4.69, 9.17) is 0 Å². The van der Waals surface area contributed by atoms with E-state index in [0.29, 0.717) is 12.6 Å². The summed E-state index contributed by atoms with van der Waals surface area (Å²) >= 11 is 1.52. The van der Waals surface area contributed by atoms with E-state index in [0.717, 1.165) is 31.1 Å². The molecule has 1 saturated heterocycles. The zero-order valence-electron chi connectivity index (χ0n) is 10.8. The molecule has 18 heavy (non-hydrogen) atoms. The van der Waals surface area contributed by atoms with Crippen LogP contribution in [0.4, 0.5) is 5.13 Å². The van der Waals surface area contributed by atoms with Crippen LogP contribution in [0.2, 0.25) is 0 Å². The van der Waals surface area contributed by atoms with Gasteiger partial charge in [0.15, 0.2) is 0 Å². The van der Waals surface area contributed by atoms with Crippen molar-refractivity contribution in [2.75, 3.05) is 39.0 Å². The summed E-state index contributed by atoms with van der Waals surface area (Å²) in [5.74, 6) is 0.172. The Morgan fingerprint density at radius 1 is 1.56 bits per heavy atom. The fourth-order valence-electron chi connectivity index (χ4n) is 1.98. The molecule has 2 heterocycles. The third-order valence-corrected chi connectivity index (χ3v) is 3.76. The van der Waals surface area contributed by atoms with Crippen molar-refractivity contribution in [3.63, 3.8) is 0 Å². The number of nitrogens with one attached hydrogen (secondary N) is 1. The van der Waals surface area contributed by atoms with Crippen molar-refractivity contribution in [2.45, 2.75) is 18.9 Å². The van der Waals surface area contributed by atoms with Gasteiger partial charge in [-0.05, 0) is 12.8 Å². The Bertz CT molecular complexity index is 373. The molecule has 0 saturated carbocycles. The van der Waals surface area contributed by atoms with E-state index < -0.39 is 0 Å². The highest BCUT2D eigenvalue weighted by atomic mass is 32.1. The number of carbonyl (C=O) groups excluding carboxylic acids is 1. The van der Waals surface area contributed by atoms with Crippen LogP contribution in [0.1, 0.15) is 12.8 Å². The molecule has 1 aliphatic rings. The first-order valence-electron chi connectivity index (χ1n) is 6.10. The summed E-state index contributed by atoms with van der Waals surface area (Å²) in [4.78, 5) is 15.5. The van der Waals surface area contributed by atoms with Gasteiger partial charge in [0.05, 0.1) is 6.54 Å². The molecular formula is C11H19N5OS. The second kappa shape index (κ2) is 6.10. The summed E-state index contributed by atoms with van der Waals surface area (Å²) in [7, 11) is 3.60. The summed E-state index contributed by atoms with van der Waals surface area (Å²) in [6.07, 6.45) is 2.08. The van der Waals surface area contributed by atoms with Gasteiger partial charge < -0.3 is 10.2 Å². The number of piperidine rings is 1. The Labute approximate surface area is 111 Å². The van der Waals surface area contributed by atoms with Crippen LogP contribution in [0, 0.1) is 0 Å². The van der Waals surface area contributed by atoms with Crippen LogP contribution < -0.4 is 5.32 Å². The Kier molecular flexibility index (Phi) is 4.48. The SMILES string of the molecule is CN(C)C(=O)CN1CCC(Nc2nncs2)CC1. The second-order valence-corrected chi connectivity index (χ2v) is 5.56. The highest BCUT2D eigenvalue weighted by Gasteiger charge is 2.21. The molecule has 1 amide bonds. The predicted molar refractivity (Wildman–Crippen MR) is 71.7 cm³/mol. The van der Waals surface area contributed by atoms with Gasteiger partial charge >= 0.3 is 0 Å². The zero-order chi connectivity index (χ0) is 13.0. The van der Waals surface area contributed by atoms with Crippen molar-refractivity contribution in [2.24, 2.45) is 0 Å². The van der Waals surface area contributed by atoms with Gasteiger partial charge in [-0.2, -0.15) is 0 Å². The minimum Gasteiger partial charge on any atom is -0.357 e. The van der Waals surface area contributed by atoms with Gasteiger partial charge in [0.2, 0.25) is 11.0 Å². The predicted octanol–water partition coefficient (Wildman–Crippen LogP) is 0.503. The van der Waals surface area contributed by atoms with Crippen molar-refractivity contribution >= 4 is 22.4 Å². The summed E-state index contributed by atoms with van der Waals surface area (Å²) in [6.45, 7) is 2.44. The number of nitrogens with zero attached hydrogens (tertiary/aromatic N) is 4. The van der Waals surface area contributed by atoms with Gasteiger partial charge in [0.25, 0.3) is 0 Å². The summed E-state index contributed by atoms with van der Waals surface area (Å²) < 4.78 is 0. The van der Waals surface area contributed by atoms with Crippen molar-refractivity contribution in [1.29, 1.82) is 0 Å². The largest absolute Gasteiger partial charge is 0.357 e. The lowest BCUT2D eigenvalue weighted by atomic mass is 10.1. The fourth-order valence-corrected chi connectivity index (χ4v) is 2.50. The van der Waals surface area contributed by atoms with Crippen LogP contribution in [-0.2, 0) is 4.79 Å². The van der Waals surface area contributed by atoms with Crippen molar-refractivity contribution in [3.8, 4) is 0 Å². The van der Waals surface area contributed by atoms with Gasteiger partial charge in [0.1, 0.15) is 5.51 Å². The lowest BCUT2D eigenvalue weighted by Crippen LogP contribution is -2.43. The van der Waals surface area contributed by atoms with Crippen LogP contribution in [0.25, 0.3) is 0 Å². The fraction of sp³-hybridized carbons (Fsp3) is 0.727. The molecule has 1 fully saturated rings. The Balaban J connectivity index is 1.73. The van der Waals surface area contributed by atoms with Gasteiger partial charge in [-0.3, -0.25) is 9.69 Å². The minimum absolute atomic E-state index is 0.172. The number of likely N-dealkylation sites (N-methyl/N-ethyl adjacent to an activating group) is 1. The van der Waals surface area contributed by atoms with Gasteiger partial charge in [-0.1, -0.05) is 11.3 Å². The van der Waals surface area contributed by atoms with Crippen LogP contribution in [0.3, 0.4) is 0 Å². The highest BCUT2D eigenvalue weighted by molar-refractivity contribution is 7.13. The Hall–Kier alpha value is -1.21. The molecule has 1 aliphatic heterocycles. The van der Waals surface area contributed by atoms with Crippen LogP contribution in [0.15, 0.2) is 5.51 Å². The van der Waals surface area contributed by atoms with Crippen LogP contribution in [0.5, 0.6) is 0 Å². The molecule has 0 radical (unpaired) electrons. The lowest BCUT2D eigenvalue weighted by Gasteiger charge is -2.32. The third-order valence-electron chi connectivity index (χ3n) is 3.13. The van der Waals surface area contributed by atoms with E-state index in [-0.39, 0.29) is 5.91 Å². The minimum atomic E-state index is 0.172. The molecule has 0 aliphatic carbocycles. The summed E-state index contributed by atoms with van der Waals surface area (Å²) in [6, 6.07) is 0.448. The number of rotatable bonds is 4. The number of likely N-dealkylation sites (tertiary alicyclic amines) is 1. The maximum Gasteiger partial charge on any atom is 0.236 e.